The maximum Gasteiger partial charge on any atom is 0.335 e. The molecule has 8 nitrogen and oxygen atoms in total. The van der Waals surface area contributed by atoms with E-state index in [-0.39, 0.29) is 34.6 Å². The van der Waals surface area contributed by atoms with E-state index in [1.807, 2.05) is 13.0 Å². The second kappa shape index (κ2) is 7.40. The summed E-state index contributed by atoms with van der Waals surface area (Å²) in [5.41, 5.74) is -0.151. The van der Waals surface area contributed by atoms with E-state index in [0.29, 0.717) is 6.42 Å². The molecule has 0 atom stereocenters. The van der Waals surface area contributed by atoms with Crippen molar-refractivity contribution in [3.8, 4) is 11.9 Å². The topological polar surface area (TPSA) is 128 Å². The molecule has 0 bridgehead atoms. The summed E-state index contributed by atoms with van der Waals surface area (Å²) in [6.45, 7) is 3.56. The van der Waals surface area contributed by atoms with Gasteiger partial charge in [-0.3, -0.25) is 9.36 Å². The number of aromatic nitrogens is 1. The predicted octanol–water partition coefficient (Wildman–Crippen LogP) is 3.26. The average Bonchev–Trinajstić information content (AvgIpc) is 2.59. The Kier molecular flexibility index (Phi) is 5.29. The van der Waals surface area contributed by atoms with Crippen molar-refractivity contribution in [3.63, 3.8) is 0 Å². The fourth-order valence-corrected chi connectivity index (χ4v) is 2.30. The first kappa shape index (κ1) is 17.9. The SMILES string of the molecule is CCCn1c(O)c(C#N)c(C)c(N=Nc2cccc(C(=O)O)c2)c1=O. The number of carbonyl (C=O) groups is 1. The predicted molar refractivity (Wildman–Crippen MR) is 89.7 cm³/mol. The Balaban J connectivity index is 2.58. The molecule has 0 aliphatic heterocycles. The molecule has 1 heterocycles. The fraction of sp³-hybridized carbons (Fsp3) is 0.235. The van der Waals surface area contributed by atoms with Gasteiger partial charge < -0.3 is 10.2 Å². The number of hydrogen-bond donors (Lipinski definition) is 2. The minimum absolute atomic E-state index is 0.0405. The summed E-state index contributed by atoms with van der Waals surface area (Å²) < 4.78 is 1.08. The molecule has 2 N–H and O–H groups in total. The van der Waals surface area contributed by atoms with Gasteiger partial charge in [-0.15, -0.1) is 5.11 Å². The quantitative estimate of drug-likeness (QED) is 0.807. The van der Waals surface area contributed by atoms with E-state index in [4.69, 9.17) is 5.11 Å². The number of benzene rings is 1. The van der Waals surface area contributed by atoms with Gasteiger partial charge in [-0.05, 0) is 31.5 Å². The maximum atomic E-state index is 12.5. The zero-order chi connectivity index (χ0) is 18.6. The van der Waals surface area contributed by atoms with Gasteiger partial charge in [-0.25, -0.2) is 4.79 Å². The van der Waals surface area contributed by atoms with Crippen molar-refractivity contribution in [2.45, 2.75) is 26.8 Å². The molecule has 25 heavy (non-hydrogen) atoms. The molecule has 0 aliphatic rings. The monoisotopic (exact) mass is 340 g/mol. The van der Waals surface area contributed by atoms with Crippen LogP contribution in [-0.2, 0) is 6.54 Å². The summed E-state index contributed by atoms with van der Waals surface area (Å²) in [7, 11) is 0. The number of azo groups is 1. The van der Waals surface area contributed by atoms with E-state index in [0.717, 1.165) is 4.57 Å². The second-order valence-electron chi connectivity index (χ2n) is 5.30. The van der Waals surface area contributed by atoms with Crippen molar-refractivity contribution in [2.24, 2.45) is 10.2 Å². The molecule has 0 radical (unpaired) electrons. The largest absolute Gasteiger partial charge is 0.493 e. The van der Waals surface area contributed by atoms with E-state index >= 15 is 0 Å². The molecule has 2 rings (SSSR count). The summed E-state index contributed by atoms with van der Waals surface area (Å²) in [6, 6.07) is 7.65. The number of carboxylic acid groups (broad SMARTS) is 1. The van der Waals surface area contributed by atoms with Gasteiger partial charge in [0.25, 0.3) is 5.56 Å². The van der Waals surface area contributed by atoms with Crippen molar-refractivity contribution in [1.29, 1.82) is 5.26 Å². The van der Waals surface area contributed by atoms with Crippen molar-refractivity contribution in [2.75, 3.05) is 0 Å². The number of rotatable bonds is 5. The number of hydrogen-bond acceptors (Lipinski definition) is 6. The highest BCUT2D eigenvalue weighted by molar-refractivity contribution is 5.88. The molecule has 128 valence electrons. The number of aromatic carboxylic acids is 1. The number of nitrogens with zero attached hydrogens (tertiary/aromatic N) is 4. The van der Waals surface area contributed by atoms with E-state index in [1.54, 1.807) is 6.07 Å². The maximum absolute atomic E-state index is 12.5. The van der Waals surface area contributed by atoms with E-state index in [9.17, 15) is 20.0 Å². The second-order valence-corrected chi connectivity index (χ2v) is 5.30. The summed E-state index contributed by atoms with van der Waals surface area (Å²) in [6.07, 6.45) is 0.582. The normalized spacial score (nSPS) is 10.8. The Bertz CT molecular complexity index is 954. The Labute approximate surface area is 143 Å². The van der Waals surface area contributed by atoms with Crippen LogP contribution in [-0.4, -0.2) is 20.7 Å². The highest BCUT2D eigenvalue weighted by Gasteiger charge is 2.18. The Hall–Kier alpha value is -3.47. The van der Waals surface area contributed by atoms with Gasteiger partial charge in [0.05, 0.1) is 11.3 Å². The fourth-order valence-electron chi connectivity index (χ4n) is 2.30. The summed E-state index contributed by atoms with van der Waals surface area (Å²) in [4.78, 5) is 23.5. The molecule has 8 heteroatoms. The lowest BCUT2D eigenvalue weighted by atomic mass is 10.1. The minimum Gasteiger partial charge on any atom is -0.493 e. The zero-order valence-electron chi connectivity index (χ0n) is 13.7. The van der Waals surface area contributed by atoms with Crippen LogP contribution in [0, 0.1) is 18.3 Å². The van der Waals surface area contributed by atoms with Gasteiger partial charge in [-0.2, -0.15) is 10.4 Å². The summed E-state index contributed by atoms with van der Waals surface area (Å²) in [5, 5.41) is 36.1. The molecule has 0 amide bonds. The third kappa shape index (κ3) is 3.55. The first-order valence-electron chi connectivity index (χ1n) is 7.52. The molecule has 0 saturated carbocycles. The molecule has 1 aromatic carbocycles. The number of aromatic hydroxyl groups is 1. The average molecular weight is 340 g/mol. The molecular weight excluding hydrogens is 324 g/mol. The van der Waals surface area contributed by atoms with Crippen molar-refractivity contribution in [1.82, 2.24) is 4.57 Å². The van der Waals surface area contributed by atoms with Gasteiger partial charge in [0.1, 0.15) is 11.6 Å². The molecule has 0 unspecified atom stereocenters. The molecular formula is C17H16N4O4. The van der Waals surface area contributed by atoms with Crippen LogP contribution in [0.2, 0.25) is 0 Å². The van der Waals surface area contributed by atoms with Gasteiger partial charge >= 0.3 is 5.97 Å². The lowest BCUT2D eigenvalue weighted by Gasteiger charge is -2.11. The number of carboxylic acids is 1. The van der Waals surface area contributed by atoms with Crippen LogP contribution < -0.4 is 5.56 Å². The van der Waals surface area contributed by atoms with Crippen LogP contribution in [0.4, 0.5) is 11.4 Å². The Morgan fingerprint density at radius 1 is 1.36 bits per heavy atom. The van der Waals surface area contributed by atoms with Crippen LogP contribution in [0.3, 0.4) is 0 Å². The van der Waals surface area contributed by atoms with Gasteiger partial charge in [0.2, 0.25) is 5.88 Å². The highest BCUT2D eigenvalue weighted by Crippen LogP contribution is 2.27. The first-order chi connectivity index (χ1) is 11.9. The van der Waals surface area contributed by atoms with Gasteiger partial charge in [0.15, 0.2) is 5.69 Å². The Morgan fingerprint density at radius 2 is 2.08 bits per heavy atom. The first-order valence-corrected chi connectivity index (χ1v) is 7.52. The molecule has 0 spiro atoms. The zero-order valence-corrected chi connectivity index (χ0v) is 13.7. The third-order valence-electron chi connectivity index (χ3n) is 3.57. The van der Waals surface area contributed by atoms with E-state index < -0.39 is 17.4 Å². The molecule has 2 aromatic rings. The van der Waals surface area contributed by atoms with Crippen LogP contribution in [0.1, 0.15) is 34.8 Å². The van der Waals surface area contributed by atoms with Gasteiger partial charge in [-0.1, -0.05) is 13.0 Å². The lowest BCUT2D eigenvalue weighted by Crippen LogP contribution is -2.21. The summed E-state index contributed by atoms with van der Waals surface area (Å²) in [5.74, 6) is -1.49. The Morgan fingerprint density at radius 3 is 2.68 bits per heavy atom. The third-order valence-corrected chi connectivity index (χ3v) is 3.57. The van der Waals surface area contributed by atoms with Crippen LogP contribution in [0.25, 0.3) is 0 Å². The minimum atomic E-state index is -1.10. The van der Waals surface area contributed by atoms with Crippen LogP contribution in [0.5, 0.6) is 5.88 Å². The van der Waals surface area contributed by atoms with Crippen molar-refractivity contribution in [3.05, 3.63) is 51.3 Å². The molecule has 0 aliphatic carbocycles. The molecule has 0 fully saturated rings. The van der Waals surface area contributed by atoms with Crippen LogP contribution in [0.15, 0.2) is 39.3 Å². The highest BCUT2D eigenvalue weighted by atomic mass is 16.4. The molecule has 1 aromatic heterocycles. The van der Waals surface area contributed by atoms with Crippen molar-refractivity contribution >= 4 is 17.3 Å². The number of pyridine rings is 1. The van der Waals surface area contributed by atoms with Gasteiger partial charge in [0, 0.05) is 12.1 Å². The molecule has 0 saturated heterocycles. The van der Waals surface area contributed by atoms with E-state index in [2.05, 4.69) is 10.2 Å². The lowest BCUT2D eigenvalue weighted by molar-refractivity contribution is 0.0697. The number of nitriles is 1. The smallest absolute Gasteiger partial charge is 0.335 e. The van der Waals surface area contributed by atoms with E-state index in [1.165, 1.54) is 25.1 Å². The van der Waals surface area contributed by atoms with Crippen LogP contribution >= 0.6 is 0 Å². The standard InChI is InChI=1S/C17H16N4O4/c1-3-7-21-15(22)13(9-18)10(2)14(16(21)23)20-19-12-6-4-5-11(8-12)17(24)25/h4-6,8,22H,3,7H2,1-2H3,(H,24,25). The van der Waals surface area contributed by atoms with Crippen molar-refractivity contribution < 1.29 is 15.0 Å². The summed E-state index contributed by atoms with van der Waals surface area (Å²) >= 11 is 0.